The Hall–Kier alpha value is -1.26. The molecule has 0 aliphatic carbocycles. The summed E-state index contributed by atoms with van der Waals surface area (Å²) in [6, 6.07) is -1.02. The van der Waals surface area contributed by atoms with E-state index in [2.05, 4.69) is 12.2 Å². The minimum Gasteiger partial charge on any atom is -0.480 e. The molecule has 1 unspecified atom stereocenters. The normalized spacial score (nSPS) is 22.1. The first-order valence-electron chi connectivity index (χ1n) is 7.27. The molecular weight excluding hydrogens is 244 g/mol. The van der Waals surface area contributed by atoms with E-state index in [4.69, 9.17) is 5.11 Å². The lowest BCUT2D eigenvalue weighted by atomic mass is 9.99. The zero-order valence-electron chi connectivity index (χ0n) is 12.2. The second kappa shape index (κ2) is 7.36. The Labute approximate surface area is 115 Å². The molecule has 1 saturated heterocycles. The highest BCUT2D eigenvalue weighted by atomic mass is 16.4. The van der Waals surface area contributed by atoms with Crippen molar-refractivity contribution in [2.45, 2.75) is 52.5 Å². The van der Waals surface area contributed by atoms with Crippen LogP contribution in [-0.4, -0.2) is 41.1 Å². The number of carboxylic acid groups (broad SMARTS) is 1. The number of nitrogens with zero attached hydrogens (tertiary/aromatic N) is 1. The number of amides is 2. The largest absolute Gasteiger partial charge is 0.480 e. The molecule has 1 aliphatic heterocycles. The maximum absolute atomic E-state index is 12.1. The lowest BCUT2D eigenvalue weighted by molar-refractivity contribution is -0.140. The molecule has 2 amide bonds. The summed E-state index contributed by atoms with van der Waals surface area (Å²) in [7, 11) is 0. The van der Waals surface area contributed by atoms with Crippen molar-refractivity contribution in [1.29, 1.82) is 0 Å². The standard InChI is InChI=1S/C14H26N2O3/c1-4-6-11-7-8-16(9-11)14(19)15-12(13(17)18)10(3)5-2/h10-12H,4-9H2,1-3H3,(H,15,19)(H,17,18)/t10-,11?,12-/m0/s1. The lowest BCUT2D eigenvalue weighted by Gasteiger charge is -2.24. The van der Waals surface area contributed by atoms with Crippen LogP contribution < -0.4 is 5.32 Å². The van der Waals surface area contributed by atoms with Crippen LogP contribution in [0.2, 0.25) is 0 Å². The molecule has 0 radical (unpaired) electrons. The predicted octanol–water partition coefficient (Wildman–Crippen LogP) is 2.32. The number of likely N-dealkylation sites (tertiary alicyclic amines) is 1. The molecule has 110 valence electrons. The van der Waals surface area contributed by atoms with Crippen molar-refractivity contribution in [2.75, 3.05) is 13.1 Å². The first-order valence-corrected chi connectivity index (χ1v) is 7.27. The molecule has 0 spiro atoms. The summed E-state index contributed by atoms with van der Waals surface area (Å²) in [5.41, 5.74) is 0. The molecule has 0 aromatic heterocycles. The second-order valence-electron chi connectivity index (χ2n) is 5.54. The molecule has 0 aromatic rings. The number of urea groups is 1. The van der Waals surface area contributed by atoms with Gasteiger partial charge in [-0.15, -0.1) is 0 Å². The van der Waals surface area contributed by atoms with Crippen molar-refractivity contribution in [3.05, 3.63) is 0 Å². The van der Waals surface area contributed by atoms with Gasteiger partial charge in [0, 0.05) is 13.1 Å². The van der Waals surface area contributed by atoms with Crippen molar-refractivity contribution in [2.24, 2.45) is 11.8 Å². The van der Waals surface area contributed by atoms with Gasteiger partial charge in [0.15, 0.2) is 0 Å². The van der Waals surface area contributed by atoms with Crippen LogP contribution in [0.15, 0.2) is 0 Å². The van der Waals surface area contributed by atoms with Crippen LogP contribution in [0.25, 0.3) is 0 Å². The zero-order chi connectivity index (χ0) is 14.4. The minimum atomic E-state index is -0.952. The van der Waals surface area contributed by atoms with E-state index < -0.39 is 12.0 Å². The van der Waals surface area contributed by atoms with Gasteiger partial charge in [0.25, 0.3) is 0 Å². The maximum Gasteiger partial charge on any atom is 0.326 e. The highest BCUT2D eigenvalue weighted by Crippen LogP contribution is 2.21. The predicted molar refractivity (Wildman–Crippen MR) is 74.0 cm³/mol. The van der Waals surface area contributed by atoms with Crippen LogP contribution in [0.5, 0.6) is 0 Å². The van der Waals surface area contributed by atoms with Crippen molar-refractivity contribution >= 4 is 12.0 Å². The molecule has 2 N–H and O–H groups in total. The SMILES string of the molecule is CCCC1CCN(C(=O)N[C@H](C(=O)O)[C@@H](C)CC)C1. The number of carbonyl (C=O) groups excluding carboxylic acids is 1. The Morgan fingerprint density at radius 3 is 2.63 bits per heavy atom. The third-order valence-electron chi connectivity index (χ3n) is 4.03. The summed E-state index contributed by atoms with van der Waals surface area (Å²) < 4.78 is 0. The minimum absolute atomic E-state index is 0.0597. The third-order valence-corrected chi connectivity index (χ3v) is 4.03. The Morgan fingerprint density at radius 2 is 2.11 bits per heavy atom. The topological polar surface area (TPSA) is 69.6 Å². The van der Waals surface area contributed by atoms with Gasteiger partial charge in [0.05, 0.1) is 0 Å². The van der Waals surface area contributed by atoms with Gasteiger partial charge in [0.2, 0.25) is 0 Å². The van der Waals surface area contributed by atoms with Gasteiger partial charge < -0.3 is 15.3 Å². The van der Waals surface area contributed by atoms with Gasteiger partial charge in [0.1, 0.15) is 6.04 Å². The van der Waals surface area contributed by atoms with Gasteiger partial charge in [-0.2, -0.15) is 0 Å². The third kappa shape index (κ3) is 4.40. The molecule has 1 heterocycles. The number of hydrogen-bond donors (Lipinski definition) is 2. The van der Waals surface area contributed by atoms with Crippen LogP contribution in [0.3, 0.4) is 0 Å². The summed E-state index contributed by atoms with van der Waals surface area (Å²) in [5, 5.41) is 11.8. The molecule has 5 nitrogen and oxygen atoms in total. The van der Waals surface area contributed by atoms with Crippen LogP contribution in [-0.2, 0) is 4.79 Å². The summed E-state index contributed by atoms with van der Waals surface area (Å²) in [4.78, 5) is 25.0. The van der Waals surface area contributed by atoms with Gasteiger partial charge in [-0.1, -0.05) is 33.6 Å². The van der Waals surface area contributed by atoms with E-state index in [1.807, 2.05) is 13.8 Å². The van der Waals surface area contributed by atoms with E-state index in [0.717, 1.165) is 38.8 Å². The molecule has 0 saturated carbocycles. The average Bonchev–Trinajstić information content (AvgIpc) is 2.83. The zero-order valence-corrected chi connectivity index (χ0v) is 12.2. The monoisotopic (exact) mass is 270 g/mol. The maximum atomic E-state index is 12.1. The number of carbonyl (C=O) groups is 2. The number of hydrogen-bond acceptors (Lipinski definition) is 2. The van der Waals surface area contributed by atoms with Gasteiger partial charge in [-0.25, -0.2) is 9.59 Å². The summed E-state index contributed by atoms with van der Waals surface area (Å²) in [5.74, 6) is -0.440. The van der Waals surface area contributed by atoms with Crippen LogP contribution >= 0.6 is 0 Å². The van der Waals surface area contributed by atoms with Crippen LogP contribution in [0, 0.1) is 11.8 Å². The fourth-order valence-electron chi connectivity index (χ4n) is 2.57. The first-order chi connectivity index (χ1) is 8.99. The quantitative estimate of drug-likeness (QED) is 0.778. The van der Waals surface area contributed by atoms with Crippen molar-refractivity contribution in [3.63, 3.8) is 0 Å². The molecule has 0 aromatic carbocycles. The Kier molecular flexibility index (Phi) is 6.12. The second-order valence-corrected chi connectivity index (χ2v) is 5.54. The summed E-state index contributed by atoms with van der Waals surface area (Å²) in [6.45, 7) is 7.42. The van der Waals surface area contributed by atoms with E-state index in [1.165, 1.54) is 0 Å². The molecule has 3 atom stereocenters. The molecular formula is C14H26N2O3. The molecule has 1 aliphatic rings. The highest BCUT2D eigenvalue weighted by molar-refractivity contribution is 5.82. The molecule has 1 fully saturated rings. The Balaban J connectivity index is 2.51. The summed E-state index contributed by atoms with van der Waals surface area (Å²) in [6.07, 6.45) is 4.03. The first kappa shape index (κ1) is 15.8. The lowest BCUT2D eigenvalue weighted by Crippen LogP contribution is -2.50. The summed E-state index contributed by atoms with van der Waals surface area (Å²) >= 11 is 0. The van der Waals surface area contributed by atoms with Crippen LogP contribution in [0.4, 0.5) is 4.79 Å². The molecule has 5 heteroatoms. The number of nitrogens with one attached hydrogen (secondary N) is 1. The van der Waals surface area contributed by atoms with Crippen molar-refractivity contribution < 1.29 is 14.7 Å². The Bertz CT molecular complexity index is 320. The molecule has 19 heavy (non-hydrogen) atoms. The fourth-order valence-corrected chi connectivity index (χ4v) is 2.57. The number of aliphatic carboxylic acids is 1. The van der Waals surface area contributed by atoms with Gasteiger partial charge in [-0.05, 0) is 24.7 Å². The molecule has 1 rings (SSSR count). The number of rotatable bonds is 6. The van der Waals surface area contributed by atoms with E-state index >= 15 is 0 Å². The van der Waals surface area contributed by atoms with Crippen molar-refractivity contribution in [1.82, 2.24) is 10.2 Å². The fraction of sp³-hybridized carbons (Fsp3) is 0.857. The smallest absolute Gasteiger partial charge is 0.326 e. The highest BCUT2D eigenvalue weighted by Gasteiger charge is 2.30. The van der Waals surface area contributed by atoms with Gasteiger partial charge >= 0.3 is 12.0 Å². The molecule has 0 bridgehead atoms. The van der Waals surface area contributed by atoms with Crippen LogP contribution in [0.1, 0.15) is 46.5 Å². The van der Waals surface area contributed by atoms with E-state index in [-0.39, 0.29) is 11.9 Å². The average molecular weight is 270 g/mol. The van der Waals surface area contributed by atoms with Crippen molar-refractivity contribution in [3.8, 4) is 0 Å². The van der Waals surface area contributed by atoms with Gasteiger partial charge in [-0.3, -0.25) is 0 Å². The Morgan fingerprint density at radius 1 is 1.42 bits per heavy atom. The van der Waals surface area contributed by atoms with E-state index in [0.29, 0.717) is 5.92 Å². The van der Waals surface area contributed by atoms with E-state index in [9.17, 15) is 9.59 Å². The van der Waals surface area contributed by atoms with E-state index in [1.54, 1.807) is 4.90 Å². The number of carboxylic acids is 1.